The zero-order valence-corrected chi connectivity index (χ0v) is 63.1. The number of benzene rings is 7. The van der Waals surface area contributed by atoms with Crippen LogP contribution in [0.4, 0.5) is 10.5 Å². The van der Waals surface area contributed by atoms with Crippen molar-refractivity contribution < 1.29 is 39.1 Å². The fraction of sp³-hybridized carbons (Fsp3) is 0.397. The number of nitrogens with two attached hydrogens (primary N) is 1. The van der Waals surface area contributed by atoms with E-state index in [-0.39, 0.29) is 45.4 Å². The van der Waals surface area contributed by atoms with E-state index in [1.54, 1.807) is 31.3 Å². The normalized spacial score (nSPS) is 13.2. The molecule has 4 N–H and O–H groups in total. The second kappa shape index (κ2) is 58.1. The maximum atomic E-state index is 10.6. The Morgan fingerprint density at radius 3 is 1.19 bits per heavy atom. The summed E-state index contributed by atoms with van der Waals surface area (Å²) in [6.07, 6.45) is 11.7. The fourth-order valence-corrected chi connectivity index (χ4v) is 10.8. The number of nitrogens with zero attached hydrogens (tertiary/aromatic N) is 8. The predicted octanol–water partition coefficient (Wildman–Crippen LogP) is 14.3. The molecule has 3 radical (unpaired) electrons. The Hall–Kier alpha value is -5.72. The summed E-state index contributed by atoms with van der Waals surface area (Å²) in [6, 6.07) is 61.2. The smallest absolute Gasteiger partial charge is 0.512 e. The Bertz CT molecular complexity index is 3160. The van der Waals surface area contributed by atoms with Crippen molar-refractivity contribution in [2.24, 2.45) is 5.73 Å². The van der Waals surface area contributed by atoms with Gasteiger partial charge in [-0.2, -0.15) is 10.5 Å². The number of aldehydes is 1. The summed E-state index contributed by atoms with van der Waals surface area (Å²) < 4.78 is 0. The minimum Gasteiger partial charge on any atom is -0.512 e. The molecule has 0 spiro atoms. The molecule has 7 aromatic carbocycles. The summed E-state index contributed by atoms with van der Waals surface area (Å²) in [7, 11) is 1.63. The third kappa shape index (κ3) is 41.5. The van der Waals surface area contributed by atoms with E-state index in [1.807, 2.05) is 78.9 Å². The van der Waals surface area contributed by atoms with Crippen molar-refractivity contribution in [1.29, 1.82) is 15.8 Å². The van der Waals surface area contributed by atoms with Crippen LogP contribution in [0.3, 0.4) is 0 Å². The van der Waals surface area contributed by atoms with Crippen molar-refractivity contribution in [3.8, 4) is 12.1 Å². The molecule has 0 aromatic heterocycles. The molecule has 0 aliphatic carbocycles. The van der Waals surface area contributed by atoms with Gasteiger partial charge >= 0.3 is 34.9 Å². The quantitative estimate of drug-likeness (QED) is 0.0197. The van der Waals surface area contributed by atoms with E-state index < -0.39 is 5.37 Å². The number of halogens is 4. The van der Waals surface area contributed by atoms with Gasteiger partial charge in [0.25, 0.3) is 0 Å². The van der Waals surface area contributed by atoms with Crippen molar-refractivity contribution in [3.63, 3.8) is 0 Å². The summed E-state index contributed by atoms with van der Waals surface area (Å²) in [4.78, 5) is 32.0. The SMILES string of the molecule is C.C1CCNC1.CCN(CC)CC.CN(C(=O)Cl)c1ccccc1.Clc1ccc(CNCc2ccc(CN3CCCC3)cc2)cc1.N#Cc1ccc(CBr)cc1.N#Cc1ccc(CN2CCCC2)cc1.NCc1ccc(CN2CCCC2)cc1.O=Cc1ccc(Cl)cc1.[B].[C-]#N.[Na+]. The first-order chi connectivity index (χ1) is 45.8. The minimum absolute atomic E-state index is 0. The molecule has 0 atom stereocenters. The van der Waals surface area contributed by atoms with E-state index in [4.69, 9.17) is 62.9 Å². The van der Waals surface area contributed by atoms with Gasteiger partial charge in [-0.25, -0.2) is 0 Å². The van der Waals surface area contributed by atoms with Crippen LogP contribution in [0.2, 0.25) is 10.0 Å². The van der Waals surface area contributed by atoms with Gasteiger partial charge in [0.15, 0.2) is 0 Å². The summed E-state index contributed by atoms with van der Waals surface area (Å²) in [6.45, 7) is 30.5. The van der Waals surface area contributed by atoms with Gasteiger partial charge in [0.2, 0.25) is 0 Å². The van der Waals surface area contributed by atoms with Crippen LogP contribution < -0.4 is 50.8 Å². The Morgan fingerprint density at radius 2 is 0.887 bits per heavy atom. The summed E-state index contributed by atoms with van der Waals surface area (Å²) in [5.41, 5.74) is 17.6. The largest absolute Gasteiger partial charge is 1.00 e. The second-order valence-corrected chi connectivity index (χ2v) is 24.4. The maximum Gasteiger partial charge on any atom is 1.00 e. The second-order valence-electron chi connectivity index (χ2n) is 22.7. The first kappa shape index (κ1) is 91.3. The number of nitriles is 2. The zero-order valence-electron chi connectivity index (χ0n) is 57.3. The van der Waals surface area contributed by atoms with E-state index in [1.165, 1.54) is 167 Å². The molecule has 19 heteroatoms. The van der Waals surface area contributed by atoms with Crippen LogP contribution in [0, 0.1) is 34.5 Å². The summed E-state index contributed by atoms with van der Waals surface area (Å²) in [5.74, 6) is 0. The van der Waals surface area contributed by atoms with Gasteiger partial charge in [-0.15, -0.1) is 0 Å². The number of carbonyl (C=O) groups excluding carboxylic acids is 2. The molecule has 4 heterocycles. The van der Waals surface area contributed by atoms with Crippen LogP contribution >= 0.6 is 50.7 Å². The molecule has 13 nitrogen and oxygen atoms in total. The topological polar surface area (TPSA) is 172 Å². The number of likely N-dealkylation sites (tertiary alicyclic amines) is 3. The molecule has 7 aromatic rings. The molecular formula is C78H102BBrCl3N11NaO2. The van der Waals surface area contributed by atoms with Crippen LogP contribution in [0.25, 0.3) is 0 Å². The van der Waals surface area contributed by atoms with Crippen molar-refractivity contribution >= 4 is 76.5 Å². The molecule has 4 saturated heterocycles. The number of carbonyl (C=O) groups is 2. The number of hydrogen-bond donors (Lipinski definition) is 3. The molecule has 0 saturated carbocycles. The average molecular weight is 1450 g/mol. The summed E-state index contributed by atoms with van der Waals surface area (Å²) in [5, 5.41) is 31.9. The van der Waals surface area contributed by atoms with Crippen LogP contribution in [0.1, 0.15) is 140 Å². The number of para-hydroxylation sites is 1. The zero-order chi connectivity index (χ0) is 68.4. The molecule has 4 fully saturated rings. The minimum atomic E-state index is -0.476. The van der Waals surface area contributed by atoms with Crippen molar-refractivity contribution in [3.05, 3.63) is 248 Å². The maximum absolute atomic E-state index is 10.6. The molecular weight excluding hydrogens is 1340 g/mol. The van der Waals surface area contributed by atoms with Gasteiger partial charge < -0.3 is 38.0 Å². The van der Waals surface area contributed by atoms with Crippen molar-refractivity contribution in [1.82, 2.24) is 30.2 Å². The molecule has 0 bridgehead atoms. The Kier molecular flexibility index (Phi) is 54.7. The third-order valence-corrected chi connectivity index (χ3v) is 17.1. The molecule has 0 unspecified atom stereocenters. The molecule has 4 aliphatic heterocycles. The van der Waals surface area contributed by atoms with Crippen LogP contribution in [0.15, 0.2) is 176 Å². The van der Waals surface area contributed by atoms with Crippen molar-refractivity contribution in [2.75, 3.05) is 83.9 Å². The van der Waals surface area contributed by atoms with Gasteiger partial charge in [-0.05, 0) is 235 Å². The molecule has 1 amide bonds. The van der Waals surface area contributed by atoms with E-state index in [0.29, 0.717) is 22.7 Å². The summed E-state index contributed by atoms with van der Waals surface area (Å²) >= 11 is 20.0. The number of anilines is 1. The molecule has 11 rings (SSSR count). The fourth-order valence-electron chi connectivity index (χ4n) is 10.0. The average Bonchev–Trinajstić information content (AvgIpc) is 2.70. The molecule has 4 aliphatic rings. The third-order valence-electron chi connectivity index (χ3n) is 15.7. The first-order valence-electron chi connectivity index (χ1n) is 32.7. The number of hydrogen-bond acceptors (Lipinski definition) is 12. The van der Waals surface area contributed by atoms with Gasteiger partial charge in [-0.1, -0.05) is 183 Å². The molecule has 97 heavy (non-hydrogen) atoms. The van der Waals surface area contributed by atoms with Gasteiger partial charge in [0.05, 0.1) is 23.3 Å². The van der Waals surface area contributed by atoms with Crippen LogP contribution in [-0.4, -0.2) is 119 Å². The standard InChI is InChI=1S/C19H23ClN2.C12H18N2.C12H14N2.C8H6BrN.C8H8ClNO.C7H5ClO.C6H15N.C4H9N.CN.CH4.B.Na/c20-19-9-7-17(8-10-19)14-21-13-16-3-5-18(6-4-16)15-22-11-1-2-12-22;2*13-9-11-3-5-12(6-4-11)10-14-7-1-2-8-14;9-5-7-1-3-8(6-10)4-2-7;1-10(8(9)11)7-5-3-2-4-6-7;8-7-3-1-6(5-9)2-4-7;1-4-7(5-2)6-3;1-2-4-5-3-1;1-2;;;/h3-10,21H,1-2,11-15H2;3-6H,1-2,7-10,13H2;3-6H,1-2,7-8,10H2;1-4H,5H2;2-6H,1H3;1-5H;4-6H2,1-3H3;5H,1-4H2;;1H4;;/q;;;;;;;;-1;;;+1. The van der Waals surface area contributed by atoms with Gasteiger partial charge in [-0.3, -0.25) is 24.3 Å². The van der Waals surface area contributed by atoms with E-state index in [0.717, 1.165) is 60.6 Å². The van der Waals surface area contributed by atoms with Gasteiger partial charge in [0, 0.05) is 81.4 Å². The Morgan fingerprint density at radius 1 is 0.557 bits per heavy atom. The van der Waals surface area contributed by atoms with Crippen LogP contribution in [0.5, 0.6) is 0 Å². The van der Waals surface area contributed by atoms with Gasteiger partial charge in [0.1, 0.15) is 6.29 Å². The monoisotopic (exact) mass is 1440 g/mol. The Balaban J connectivity index is 0.00000111. The van der Waals surface area contributed by atoms with E-state index in [2.05, 4.69) is 152 Å². The number of amides is 1. The van der Waals surface area contributed by atoms with Crippen LogP contribution in [-0.2, 0) is 44.6 Å². The van der Waals surface area contributed by atoms with E-state index in [9.17, 15) is 9.59 Å². The number of nitrogens with one attached hydrogen (secondary N) is 2. The Labute approximate surface area is 630 Å². The number of alkyl halides is 1. The van der Waals surface area contributed by atoms with E-state index >= 15 is 0 Å². The molecule has 513 valence electrons. The number of rotatable bonds is 17. The van der Waals surface area contributed by atoms with Crippen molar-refractivity contribution in [2.45, 2.75) is 124 Å². The predicted molar refractivity (Wildman–Crippen MR) is 407 cm³/mol. The first-order valence-corrected chi connectivity index (χ1v) is 34.9.